The third kappa shape index (κ3) is 1.88. The maximum absolute atomic E-state index is 12.2. The van der Waals surface area contributed by atoms with Crippen LogP contribution in [-0.2, 0) is 0 Å². The summed E-state index contributed by atoms with van der Waals surface area (Å²) in [5.74, 6) is -2.58. The molecule has 1 aliphatic rings. The Balaban J connectivity index is 2.35. The lowest BCUT2D eigenvalue weighted by atomic mass is 9.95. The van der Waals surface area contributed by atoms with Crippen molar-refractivity contribution in [3.8, 4) is 0 Å². The summed E-state index contributed by atoms with van der Waals surface area (Å²) in [6.45, 7) is 0. The summed E-state index contributed by atoms with van der Waals surface area (Å²) in [5, 5.41) is 0. The molecule has 9 heavy (non-hydrogen) atoms. The number of hydrogen-bond acceptors (Lipinski definition) is 0. The second-order valence-electron chi connectivity index (χ2n) is 2.53. The minimum absolute atomic E-state index is 0.0347. The fraction of sp³-hybridized carbons (Fsp3) is 1.00. The molecule has 0 spiro atoms. The first-order chi connectivity index (χ1) is 4.10. The fourth-order valence-electron chi connectivity index (χ4n) is 1.00. The molecule has 0 saturated heterocycles. The van der Waals surface area contributed by atoms with E-state index in [-0.39, 0.29) is 25.7 Å². The Labute approximate surface area is 52.1 Å². The third-order valence-corrected chi connectivity index (χ3v) is 1.65. The number of rotatable bonds is 0. The van der Waals surface area contributed by atoms with E-state index in [4.69, 9.17) is 0 Å². The zero-order valence-electron chi connectivity index (χ0n) is 5.04. The minimum Gasteiger partial charge on any atom is -0.247 e. The van der Waals surface area contributed by atoms with Crippen molar-refractivity contribution in [2.45, 2.75) is 37.8 Å². The Kier molecular flexibility index (Phi) is 1.68. The van der Waals surface area contributed by atoms with E-state index in [1.165, 1.54) is 0 Å². The molecule has 0 radical (unpaired) electrons. The van der Waals surface area contributed by atoms with Gasteiger partial charge in [-0.1, -0.05) is 0 Å². The zero-order valence-corrected chi connectivity index (χ0v) is 5.04. The van der Waals surface area contributed by atoms with Gasteiger partial charge in [-0.2, -0.15) is 0 Å². The topological polar surface area (TPSA) is 0 Å². The van der Waals surface area contributed by atoms with Gasteiger partial charge in [0.2, 0.25) is 5.92 Å². The molecule has 0 amide bonds. The van der Waals surface area contributed by atoms with Gasteiger partial charge in [0.15, 0.2) is 0 Å². The van der Waals surface area contributed by atoms with E-state index in [0.29, 0.717) is 0 Å². The largest absolute Gasteiger partial charge is 0.248 e. The van der Waals surface area contributed by atoms with Gasteiger partial charge in [0.25, 0.3) is 0 Å². The highest BCUT2D eigenvalue weighted by Gasteiger charge is 2.34. The molecular weight excluding hydrogens is 129 g/mol. The molecule has 1 aliphatic carbocycles. The van der Waals surface area contributed by atoms with Crippen molar-refractivity contribution in [3.63, 3.8) is 0 Å². The highest BCUT2D eigenvalue weighted by Crippen LogP contribution is 2.33. The van der Waals surface area contributed by atoms with E-state index in [1.807, 2.05) is 0 Å². The van der Waals surface area contributed by atoms with Crippen LogP contribution in [0.1, 0.15) is 25.7 Å². The normalized spacial score (nSPS) is 28.3. The first-order valence-electron chi connectivity index (χ1n) is 3.12. The summed E-state index contributed by atoms with van der Waals surface area (Å²) in [7, 11) is 0. The van der Waals surface area contributed by atoms with E-state index >= 15 is 0 Å². The van der Waals surface area contributed by atoms with Crippen LogP contribution in [0, 0.1) is 0 Å². The van der Waals surface area contributed by atoms with Crippen molar-refractivity contribution >= 4 is 0 Å². The van der Waals surface area contributed by atoms with Crippen LogP contribution in [0.4, 0.5) is 13.2 Å². The Morgan fingerprint density at radius 1 is 1.11 bits per heavy atom. The van der Waals surface area contributed by atoms with Crippen molar-refractivity contribution < 1.29 is 13.2 Å². The van der Waals surface area contributed by atoms with Crippen molar-refractivity contribution in [2.75, 3.05) is 0 Å². The molecule has 0 unspecified atom stereocenters. The van der Waals surface area contributed by atoms with E-state index in [1.54, 1.807) is 0 Å². The SMILES string of the molecule is FC1CCC(F)(F)CC1. The molecular formula is C6H9F3. The molecule has 3 heteroatoms. The lowest BCUT2D eigenvalue weighted by molar-refractivity contribution is -0.0497. The van der Waals surface area contributed by atoms with Crippen LogP contribution in [0.15, 0.2) is 0 Å². The molecule has 0 bridgehead atoms. The maximum atomic E-state index is 12.2. The molecule has 1 rings (SSSR count). The van der Waals surface area contributed by atoms with Crippen LogP contribution in [0.5, 0.6) is 0 Å². The van der Waals surface area contributed by atoms with Crippen molar-refractivity contribution in [3.05, 3.63) is 0 Å². The van der Waals surface area contributed by atoms with Crippen LogP contribution < -0.4 is 0 Å². The Morgan fingerprint density at radius 3 is 1.89 bits per heavy atom. The average Bonchev–Trinajstić information content (AvgIpc) is 1.78. The van der Waals surface area contributed by atoms with Crippen molar-refractivity contribution in [1.29, 1.82) is 0 Å². The zero-order chi connectivity index (χ0) is 6.91. The molecule has 0 N–H and O–H groups in total. The monoisotopic (exact) mass is 138 g/mol. The van der Waals surface area contributed by atoms with E-state index in [0.717, 1.165) is 0 Å². The standard InChI is InChI=1S/C6H9F3/c7-5-1-3-6(8,9)4-2-5/h5H,1-4H2. The van der Waals surface area contributed by atoms with Gasteiger partial charge in [0.05, 0.1) is 0 Å². The Hall–Kier alpha value is -0.210. The van der Waals surface area contributed by atoms with Crippen LogP contribution in [0.2, 0.25) is 0 Å². The third-order valence-electron chi connectivity index (χ3n) is 1.65. The molecule has 0 aromatic rings. The first-order valence-corrected chi connectivity index (χ1v) is 3.12. The van der Waals surface area contributed by atoms with Crippen LogP contribution in [0.25, 0.3) is 0 Å². The molecule has 1 fully saturated rings. The highest BCUT2D eigenvalue weighted by molar-refractivity contribution is 4.76. The predicted molar refractivity (Wildman–Crippen MR) is 28.3 cm³/mol. The summed E-state index contributed by atoms with van der Waals surface area (Å²) in [6, 6.07) is 0. The van der Waals surface area contributed by atoms with Gasteiger partial charge < -0.3 is 0 Å². The highest BCUT2D eigenvalue weighted by atomic mass is 19.3. The van der Waals surface area contributed by atoms with Crippen LogP contribution in [-0.4, -0.2) is 12.1 Å². The average molecular weight is 138 g/mol. The van der Waals surface area contributed by atoms with E-state index < -0.39 is 12.1 Å². The smallest absolute Gasteiger partial charge is 0.247 e. The molecule has 0 aromatic carbocycles. The molecule has 54 valence electrons. The summed E-state index contributed by atoms with van der Waals surface area (Å²) >= 11 is 0. The summed E-state index contributed by atoms with van der Waals surface area (Å²) in [4.78, 5) is 0. The van der Waals surface area contributed by atoms with Gasteiger partial charge >= 0.3 is 0 Å². The predicted octanol–water partition coefficient (Wildman–Crippen LogP) is 2.53. The van der Waals surface area contributed by atoms with E-state index in [9.17, 15) is 13.2 Å². The van der Waals surface area contributed by atoms with E-state index in [2.05, 4.69) is 0 Å². The second kappa shape index (κ2) is 2.20. The summed E-state index contributed by atoms with van der Waals surface area (Å²) < 4.78 is 36.6. The maximum Gasteiger partial charge on any atom is 0.248 e. The summed E-state index contributed by atoms with van der Waals surface area (Å²) in [5.41, 5.74) is 0. The molecule has 0 aliphatic heterocycles. The lowest BCUT2D eigenvalue weighted by Gasteiger charge is -2.23. The Morgan fingerprint density at radius 2 is 1.56 bits per heavy atom. The number of halogens is 3. The lowest BCUT2D eigenvalue weighted by Crippen LogP contribution is -2.24. The van der Waals surface area contributed by atoms with Gasteiger partial charge in [0.1, 0.15) is 6.17 Å². The molecule has 1 saturated carbocycles. The van der Waals surface area contributed by atoms with Crippen molar-refractivity contribution in [1.82, 2.24) is 0 Å². The van der Waals surface area contributed by atoms with Crippen LogP contribution >= 0.6 is 0 Å². The second-order valence-corrected chi connectivity index (χ2v) is 2.53. The quantitative estimate of drug-likeness (QED) is 0.482. The van der Waals surface area contributed by atoms with Gasteiger partial charge in [-0.05, 0) is 12.8 Å². The first kappa shape index (κ1) is 6.90. The fourth-order valence-corrected chi connectivity index (χ4v) is 1.00. The number of alkyl halides is 3. The van der Waals surface area contributed by atoms with Gasteiger partial charge in [0, 0.05) is 12.8 Å². The molecule has 0 heterocycles. The van der Waals surface area contributed by atoms with Gasteiger partial charge in [-0.25, -0.2) is 13.2 Å². The van der Waals surface area contributed by atoms with Crippen molar-refractivity contribution in [2.24, 2.45) is 0 Å². The molecule has 0 atom stereocenters. The molecule has 0 aromatic heterocycles. The van der Waals surface area contributed by atoms with Crippen LogP contribution in [0.3, 0.4) is 0 Å². The summed E-state index contributed by atoms with van der Waals surface area (Å²) in [6.07, 6.45) is -1.45. The van der Waals surface area contributed by atoms with Gasteiger partial charge in [-0.3, -0.25) is 0 Å². The minimum atomic E-state index is -2.58. The van der Waals surface area contributed by atoms with Gasteiger partial charge in [-0.15, -0.1) is 0 Å². The Bertz CT molecular complexity index is 90.5. The molecule has 0 nitrogen and oxygen atoms in total. The number of hydrogen-bond donors (Lipinski definition) is 0.